The quantitative estimate of drug-likeness (QED) is 0.476. The Morgan fingerprint density at radius 1 is 1.10 bits per heavy atom. The van der Waals surface area contributed by atoms with Gasteiger partial charge < -0.3 is 20.6 Å². The molecule has 4 aromatic heterocycles. The lowest BCUT2D eigenvalue weighted by Gasteiger charge is -2.31. The fourth-order valence-electron chi connectivity index (χ4n) is 4.15. The molecule has 1 aliphatic rings. The molecule has 0 saturated carbocycles. The first-order chi connectivity index (χ1) is 15.1. The van der Waals surface area contributed by atoms with Crippen molar-refractivity contribution in [2.75, 3.05) is 18.8 Å². The number of fused-ring (bicyclic) bond motifs is 1. The molecule has 0 spiro atoms. The summed E-state index contributed by atoms with van der Waals surface area (Å²) < 4.78 is 0. The number of likely N-dealkylation sites (tertiary alicyclic amines) is 1. The van der Waals surface area contributed by atoms with E-state index in [0.29, 0.717) is 36.1 Å². The van der Waals surface area contributed by atoms with E-state index in [9.17, 15) is 9.59 Å². The zero-order chi connectivity index (χ0) is 21.4. The maximum atomic E-state index is 12.9. The van der Waals surface area contributed by atoms with Crippen molar-refractivity contribution in [2.24, 2.45) is 0 Å². The van der Waals surface area contributed by atoms with Crippen LogP contribution in [-0.2, 0) is 0 Å². The standard InChI is InChI=1S/C23H22N6O2/c24-22-17-11-20(28-19(17)5-8-25-22)14-6-9-29(10-7-14)23(31)16-1-3-18(26-13-16)15-2-4-21(30)27-12-15/h1-5,8,11-14,28H,6-7,9-10H2,(H2,24,25)(H,27,30). The largest absolute Gasteiger partial charge is 0.383 e. The number of nitrogens with zero attached hydrogens (tertiary/aromatic N) is 3. The average Bonchev–Trinajstić information content (AvgIpc) is 3.25. The van der Waals surface area contributed by atoms with Gasteiger partial charge in [0.05, 0.1) is 16.8 Å². The molecule has 8 nitrogen and oxygen atoms in total. The first kappa shape index (κ1) is 19.0. The molecule has 5 rings (SSSR count). The van der Waals surface area contributed by atoms with Gasteiger partial charge in [-0.05, 0) is 43.2 Å². The summed E-state index contributed by atoms with van der Waals surface area (Å²) in [4.78, 5) is 40.6. The van der Waals surface area contributed by atoms with E-state index in [2.05, 4.69) is 26.0 Å². The number of piperidine rings is 1. The monoisotopic (exact) mass is 414 g/mol. The fourth-order valence-corrected chi connectivity index (χ4v) is 4.15. The smallest absolute Gasteiger partial charge is 0.255 e. The van der Waals surface area contributed by atoms with Crippen LogP contribution in [0.4, 0.5) is 5.82 Å². The molecule has 1 aliphatic heterocycles. The van der Waals surface area contributed by atoms with Gasteiger partial charge in [-0.3, -0.25) is 14.6 Å². The minimum Gasteiger partial charge on any atom is -0.383 e. The van der Waals surface area contributed by atoms with Crippen LogP contribution < -0.4 is 11.3 Å². The van der Waals surface area contributed by atoms with Crippen molar-refractivity contribution in [1.82, 2.24) is 24.8 Å². The van der Waals surface area contributed by atoms with Crippen molar-refractivity contribution in [1.29, 1.82) is 0 Å². The molecule has 156 valence electrons. The number of aromatic amines is 2. The van der Waals surface area contributed by atoms with Gasteiger partial charge in [0.15, 0.2) is 0 Å². The number of pyridine rings is 3. The van der Waals surface area contributed by atoms with Gasteiger partial charge in [0, 0.05) is 60.3 Å². The van der Waals surface area contributed by atoms with Gasteiger partial charge in [0.25, 0.3) is 5.91 Å². The highest BCUT2D eigenvalue weighted by Crippen LogP contribution is 2.31. The van der Waals surface area contributed by atoms with E-state index in [1.807, 2.05) is 11.0 Å². The lowest BCUT2D eigenvalue weighted by atomic mass is 9.93. The van der Waals surface area contributed by atoms with E-state index in [1.165, 1.54) is 6.07 Å². The van der Waals surface area contributed by atoms with Crippen molar-refractivity contribution in [3.8, 4) is 11.3 Å². The number of hydrogen-bond donors (Lipinski definition) is 3. The van der Waals surface area contributed by atoms with Crippen molar-refractivity contribution < 1.29 is 4.79 Å². The fraction of sp³-hybridized carbons (Fsp3) is 0.217. The van der Waals surface area contributed by atoms with Gasteiger partial charge in [-0.2, -0.15) is 0 Å². The highest BCUT2D eigenvalue weighted by atomic mass is 16.2. The zero-order valence-corrected chi connectivity index (χ0v) is 16.8. The molecule has 0 unspecified atom stereocenters. The predicted octanol–water partition coefficient (Wildman–Crippen LogP) is 2.92. The Hall–Kier alpha value is -3.94. The molecule has 0 aromatic carbocycles. The third-order valence-corrected chi connectivity index (χ3v) is 5.91. The molecule has 4 N–H and O–H groups in total. The van der Waals surface area contributed by atoms with E-state index in [1.54, 1.807) is 36.8 Å². The van der Waals surface area contributed by atoms with Crippen LogP contribution in [-0.4, -0.2) is 43.8 Å². The van der Waals surface area contributed by atoms with Gasteiger partial charge in [-0.25, -0.2) is 4.98 Å². The van der Waals surface area contributed by atoms with Crippen LogP contribution in [0.15, 0.2) is 59.8 Å². The van der Waals surface area contributed by atoms with E-state index < -0.39 is 0 Å². The number of amides is 1. The summed E-state index contributed by atoms with van der Waals surface area (Å²) in [6.45, 7) is 1.38. The molecule has 4 aromatic rings. The zero-order valence-electron chi connectivity index (χ0n) is 16.8. The van der Waals surface area contributed by atoms with Crippen LogP contribution >= 0.6 is 0 Å². The summed E-state index contributed by atoms with van der Waals surface area (Å²) in [6.07, 6.45) is 6.69. The van der Waals surface area contributed by atoms with E-state index >= 15 is 0 Å². The Morgan fingerprint density at radius 3 is 2.61 bits per heavy atom. The molecule has 0 bridgehead atoms. The van der Waals surface area contributed by atoms with Gasteiger partial charge in [-0.15, -0.1) is 0 Å². The van der Waals surface area contributed by atoms with Crippen LogP contribution in [0.25, 0.3) is 22.2 Å². The second kappa shape index (κ2) is 7.71. The van der Waals surface area contributed by atoms with Gasteiger partial charge in [0.1, 0.15) is 5.82 Å². The number of nitrogens with two attached hydrogens (primary N) is 1. The number of rotatable bonds is 3. The van der Waals surface area contributed by atoms with Gasteiger partial charge >= 0.3 is 0 Å². The summed E-state index contributed by atoms with van der Waals surface area (Å²) in [5, 5.41) is 0.949. The van der Waals surface area contributed by atoms with Crippen molar-refractivity contribution in [3.63, 3.8) is 0 Å². The summed E-state index contributed by atoms with van der Waals surface area (Å²) in [5.41, 5.74) is 10.0. The molecule has 0 radical (unpaired) electrons. The Kier molecular flexibility index (Phi) is 4.74. The lowest BCUT2D eigenvalue weighted by Crippen LogP contribution is -2.38. The molecule has 0 aliphatic carbocycles. The second-order valence-electron chi connectivity index (χ2n) is 7.82. The second-order valence-corrected chi connectivity index (χ2v) is 7.82. The van der Waals surface area contributed by atoms with Crippen LogP contribution in [0, 0.1) is 0 Å². The maximum Gasteiger partial charge on any atom is 0.255 e. The summed E-state index contributed by atoms with van der Waals surface area (Å²) in [6, 6.07) is 10.8. The van der Waals surface area contributed by atoms with Crippen molar-refractivity contribution >= 4 is 22.6 Å². The highest BCUT2D eigenvalue weighted by molar-refractivity contribution is 5.94. The van der Waals surface area contributed by atoms with Crippen LogP contribution in [0.5, 0.6) is 0 Å². The number of nitrogen functional groups attached to an aromatic ring is 1. The molecular formula is C23H22N6O2. The number of carbonyl (C=O) groups is 1. The Bertz CT molecular complexity index is 1280. The lowest BCUT2D eigenvalue weighted by molar-refractivity contribution is 0.0712. The molecule has 1 fully saturated rings. The Balaban J connectivity index is 1.25. The van der Waals surface area contributed by atoms with Crippen molar-refractivity contribution in [2.45, 2.75) is 18.8 Å². The molecule has 8 heteroatoms. The van der Waals surface area contributed by atoms with E-state index in [-0.39, 0.29) is 11.5 Å². The Labute approximate surface area is 178 Å². The third kappa shape index (κ3) is 3.68. The number of anilines is 1. The first-order valence-electron chi connectivity index (χ1n) is 10.3. The first-order valence-corrected chi connectivity index (χ1v) is 10.3. The molecule has 0 atom stereocenters. The number of carbonyl (C=O) groups excluding carboxylic acids is 1. The predicted molar refractivity (Wildman–Crippen MR) is 119 cm³/mol. The van der Waals surface area contributed by atoms with Crippen LogP contribution in [0.2, 0.25) is 0 Å². The molecule has 5 heterocycles. The van der Waals surface area contributed by atoms with Crippen LogP contribution in [0.3, 0.4) is 0 Å². The normalized spacial score (nSPS) is 14.8. The van der Waals surface area contributed by atoms with E-state index in [4.69, 9.17) is 5.73 Å². The molecule has 1 amide bonds. The highest BCUT2D eigenvalue weighted by Gasteiger charge is 2.26. The number of H-pyrrole nitrogens is 2. The summed E-state index contributed by atoms with van der Waals surface area (Å²) in [7, 11) is 0. The SMILES string of the molecule is Nc1nccc2[nH]c(C3CCN(C(=O)c4ccc(-c5ccc(=O)[nH]c5)nc4)CC3)cc12. The van der Waals surface area contributed by atoms with Gasteiger partial charge in [0.2, 0.25) is 5.56 Å². The maximum absolute atomic E-state index is 12.9. The average molecular weight is 414 g/mol. The van der Waals surface area contributed by atoms with Crippen LogP contribution in [0.1, 0.15) is 34.8 Å². The number of aromatic nitrogens is 4. The number of nitrogens with one attached hydrogen (secondary N) is 2. The summed E-state index contributed by atoms with van der Waals surface area (Å²) >= 11 is 0. The third-order valence-electron chi connectivity index (χ3n) is 5.91. The minimum atomic E-state index is -0.161. The molecule has 1 saturated heterocycles. The Morgan fingerprint density at radius 2 is 1.94 bits per heavy atom. The van der Waals surface area contributed by atoms with E-state index in [0.717, 1.165) is 35.0 Å². The summed E-state index contributed by atoms with van der Waals surface area (Å²) in [5.74, 6) is 0.881. The molecule has 31 heavy (non-hydrogen) atoms. The van der Waals surface area contributed by atoms with Crippen molar-refractivity contribution in [3.05, 3.63) is 76.6 Å². The topological polar surface area (TPSA) is 121 Å². The minimum absolute atomic E-state index is 0.0101. The number of hydrogen-bond acceptors (Lipinski definition) is 5. The molecular weight excluding hydrogens is 392 g/mol. The van der Waals surface area contributed by atoms with Gasteiger partial charge in [-0.1, -0.05) is 0 Å².